The highest BCUT2D eigenvalue weighted by atomic mass is 19.3. The van der Waals surface area contributed by atoms with Crippen LogP contribution in [0.25, 0.3) is 0 Å². The van der Waals surface area contributed by atoms with Crippen LogP contribution in [0.3, 0.4) is 0 Å². The Balaban J connectivity index is 1.77. The monoisotopic (exact) mass is 414 g/mol. The summed E-state index contributed by atoms with van der Waals surface area (Å²) in [7, 11) is 1.31. The number of carbonyl (C=O) groups is 2. The molecular formula is C17H16F2N2O8. The molecule has 1 N–H and O–H groups in total. The summed E-state index contributed by atoms with van der Waals surface area (Å²) >= 11 is 0. The van der Waals surface area contributed by atoms with Gasteiger partial charge in [0.1, 0.15) is 4.92 Å². The van der Waals surface area contributed by atoms with Crippen molar-refractivity contribution in [3.63, 3.8) is 0 Å². The highest BCUT2D eigenvalue weighted by molar-refractivity contribution is 5.89. The first-order chi connectivity index (χ1) is 13.8. The Morgan fingerprint density at radius 3 is 2.62 bits per heavy atom. The van der Waals surface area contributed by atoms with Gasteiger partial charge >= 0.3 is 18.5 Å². The van der Waals surface area contributed by atoms with E-state index in [0.717, 1.165) is 12.1 Å². The number of halogens is 2. The van der Waals surface area contributed by atoms with Crippen molar-refractivity contribution in [2.45, 2.75) is 13.0 Å². The molecule has 0 bridgehead atoms. The summed E-state index contributed by atoms with van der Waals surface area (Å²) in [6.07, 6.45) is 0.343. The van der Waals surface area contributed by atoms with E-state index in [1.807, 2.05) is 0 Å². The maximum absolute atomic E-state index is 12.3. The maximum atomic E-state index is 12.3. The second-order valence-electron chi connectivity index (χ2n) is 5.43. The van der Waals surface area contributed by atoms with Crippen LogP contribution in [0, 0.1) is 10.1 Å². The maximum Gasteiger partial charge on any atom is 0.433 e. The molecule has 29 heavy (non-hydrogen) atoms. The molecule has 0 spiro atoms. The largest absolute Gasteiger partial charge is 0.493 e. The van der Waals surface area contributed by atoms with Crippen LogP contribution in [-0.4, -0.2) is 43.7 Å². The lowest BCUT2D eigenvalue weighted by atomic mass is 10.1. The molecule has 0 radical (unpaired) electrons. The SMILES string of the molecule is COc1cc(CCNC(=O)COC(=O)c2ccc([N+](=O)[O-])o2)ccc1OC(F)F. The number of nitrogens with zero attached hydrogens (tertiary/aromatic N) is 1. The fourth-order valence-electron chi connectivity index (χ4n) is 2.20. The lowest BCUT2D eigenvalue weighted by molar-refractivity contribution is -0.402. The summed E-state index contributed by atoms with van der Waals surface area (Å²) in [5.41, 5.74) is 0.684. The van der Waals surface area contributed by atoms with Crippen molar-refractivity contribution in [2.24, 2.45) is 0 Å². The van der Waals surface area contributed by atoms with Gasteiger partial charge in [-0.05, 0) is 30.2 Å². The van der Waals surface area contributed by atoms with Gasteiger partial charge in [0.05, 0.1) is 13.2 Å². The van der Waals surface area contributed by atoms with Crippen molar-refractivity contribution in [1.29, 1.82) is 0 Å². The molecule has 0 aliphatic carbocycles. The lowest BCUT2D eigenvalue weighted by Crippen LogP contribution is -2.30. The van der Waals surface area contributed by atoms with Crippen LogP contribution in [-0.2, 0) is 16.0 Å². The summed E-state index contributed by atoms with van der Waals surface area (Å²) in [5, 5.41) is 13.0. The lowest BCUT2D eigenvalue weighted by Gasteiger charge is -2.11. The van der Waals surface area contributed by atoms with Crippen LogP contribution >= 0.6 is 0 Å². The van der Waals surface area contributed by atoms with Gasteiger partial charge in [-0.15, -0.1) is 0 Å². The number of hydrogen-bond donors (Lipinski definition) is 1. The minimum Gasteiger partial charge on any atom is -0.493 e. The first kappa shape index (κ1) is 21.6. The number of furan rings is 1. The van der Waals surface area contributed by atoms with Crippen molar-refractivity contribution in [3.8, 4) is 11.5 Å². The van der Waals surface area contributed by atoms with Crippen molar-refractivity contribution in [2.75, 3.05) is 20.3 Å². The molecule has 0 unspecified atom stereocenters. The minimum atomic E-state index is -2.98. The number of amides is 1. The van der Waals surface area contributed by atoms with Crippen molar-refractivity contribution >= 4 is 17.8 Å². The molecule has 0 saturated heterocycles. The number of rotatable bonds is 10. The number of ether oxygens (including phenoxy) is 3. The van der Waals surface area contributed by atoms with E-state index < -0.39 is 41.7 Å². The van der Waals surface area contributed by atoms with Gasteiger partial charge in [-0.1, -0.05) is 6.07 Å². The molecule has 0 saturated carbocycles. The second-order valence-corrected chi connectivity index (χ2v) is 5.43. The minimum absolute atomic E-state index is 0.111. The number of esters is 1. The van der Waals surface area contributed by atoms with Gasteiger partial charge in [0.25, 0.3) is 5.91 Å². The second kappa shape index (κ2) is 10.0. The molecule has 0 fully saturated rings. The molecule has 2 rings (SSSR count). The molecule has 0 aliphatic heterocycles. The van der Waals surface area contributed by atoms with E-state index >= 15 is 0 Å². The molecule has 1 amide bonds. The summed E-state index contributed by atoms with van der Waals surface area (Å²) in [6.45, 7) is -3.43. The van der Waals surface area contributed by atoms with Crippen LogP contribution in [0.4, 0.5) is 14.7 Å². The molecule has 0 aliphatic rings. The van der Waals surface area contributed by atoms with Gasteiger partial charge in [0, 0.05) is 6.54 Å². The third-order valence-electron chi connectivity index (χ3n) is 3.49. The van der Waals surface area contributed by atoms with E-state index in [4.69, 9.17) is 9.47 Å². The topological polar surface area (TPSA) is 130 Å². The van der Waals surface area contributed by atoms with E-state index in [9.17, 15) is 28.5 Å². The zero-order chi connectivity index (χ0) is 21.4. The highest BCUT2D eigenvalue weighted by Crippen LogP contribution is 2.29. The summed E-state index contributed by atoms with van der Waals surface area (Å²) in [4.78, 5) is 33.1. The summed E-state index contributed by atoms with van der Waals surface area (Å²) < 4.78 is 43.3. The highest BCUT2D eigenvalue weighted by Gasteiger charge is 2.19. The number of nitrogens with one attached hydrogen (secondary N) is 1. The Morgan fingerprint density at radius 2 is 2.00 bits per heavy atom. The van der Waals surface area contributed by atoms with E-state index in [0.29, 0.717) is 12.0 Å². The van der Waals surface area contributed by atoms with E-state index in [1.54, 1.807) is 0 Å². The van der Waals surface area contributed by atoms with Crippen LogP contribution in [0.2, 0.25) is 0 Å². The van der Waals surface area contributed by atoms with Crippen LogP contribution in [0.1, 0.15) is 16.1 Å². The van der Waals surface area contributed by atoms with Gasteiger partial charge < -0.3 is 23.9 Å². The average molecular weight is 414 g/mol. The zero-order valence-corrected chi connectivity index (χ0v) is 15.1. The number of nitro groups is 1. The Bertz CT molecular complexity index is 884. The normalized spacial score (nSPS) is 10.5. The molecule has 10 nitrogen and oxygen atoms in total. The Morgan fingerprint density at radius 1 is 1.24 bits per heavy atom. The molecule has 1 aromatic heterocycles. The van der Waals surface area contributed by atoms with Crippen molar-refractivity contribution in [3.05, 3.63) is 51.8 Å². The number of benzene rings is 1. The smallest absolute Gasteiger partial charge is 0.433 e. The average Bonchev–Trinajstić information content (AvgIpc) is 3.17. The quantitative estimate of drug-likeness (QED) is 0.356. The third-order valence-corrected chi connectivity index (χ3v) is 3.49. The van der Waals surface area contributed by atoms with E-state index in [2.05, 4.69) is 14.5 Å². The van der Waals surface area contributed by atoms with Crippen molar-refractivity contribution in [1.82, 2.24) is 5.32 Å². The fourth-order valence-corrected chi connectivity index (χ4v) is 2.20. The fraction of sp³-hybridized carbons (Fsp3) is 0.294. The van der Waals surface area contributed by atoms with Crippen LogP contribution < -0.4 is 14.8 Å². The Hall–Kier alpha value is -3.70. The third kappa shape index (κ3) is 6.45. The van der Waals surface area contributed by atoms with Crippen molar-refractivity contribution < 1.29 is 41.9 Å². The predicted molar refractivity (Wildman–Crippen MR) is 92.0 cm³/mol. The molecule has 1 aromatic carbocycles. The summed E-state index contributed by atoms with van der Waals surface area (Å²) in [6, 6.07) is 6.41. The predicted octanol–water partition coefficient (Wildman–Crippen LogP) is 2.31. The molecule has 2 aromatic rings. The molecular weight excluding hydrogens is 398 g/mol. The van der Waals surface area contributed by atoms with E-state index in [1.165, 1.54) is 25.3 Å². The molecule has 12 heteroatoms. The molecule has 0 atom stereocenters. The van der Waals surface area contributed by atoms with Gasteiger partial charge in [-0.2, -0.15) is 8.78 Å². The Labute approximate surface area is 162 Å². The van der Waals surface area contributed by atoms with Gasteiger partial charge in [-0.3, -0.25) is 14.9 Å². The van der Waals surface area contributed by atoms with Crippen LogP contribution in [0.5, 0.6) is 11.5 Å². The van der Waals surface area contributed by atoms with E-state index in [-0.39, 0.29) is 18.0 Å². The number of carbonyl (C=O) groups excluding carboxylic acids is 2. The van der Waals surface area contributed by atoms with Gasteiger partial charge in [-0.25, -0.2) is 4.79 Å². The first-order valence-corrected chi connectivity index (χ1v) is 8.10. The Kier molecular flexibility index (Phi) is 7.46. The standard InChI is InChI=1S/C17H16F2N2O8/c1-26-13-8-10(2-3-11(13)29-17(18)19)6-7-20-14(22)9-27-16(23)12-4-5-15(28-12)21(24)25/h2-5,8,17H,6-7,9H2,1H3,(H,20,22). The van der Waals surface area contributed by atoms with Gasteiger partial charge in [0.2, 0.25) is 5.76 Å². The number of methoxy groups -OCH3 is 1. The number of alkyl halides is 2. The zero-order valence-electron chi connectivity index (χ0n) is 15.1. The van der Waals surface area contributed by atoms with Gasteiger partial charge in [0.15, 0.2) is 18.1 Å². The van der Waals surface area contributed by atoms with Crippen LogP contribution in [0.15, 0.2) is 34.7 Å². The number of hydrogen-bond acceptors (Lipinski definition) is 8. The molecule has 1 heterocycles. The summed E-state index contributed by atoms with van der Waals surface area (Å²) in [5.74, 6) is -2.64. The first-order valence-electron chi connectivity index (χ1n) is 8.10. The molecule has 156 valence electrons.